The molecule has 4 unspecified atom stereocenters. The summed E-state index contributed by atoms with van der Waals surface area (Å²) < 4.78 is 14.0. The number of nitrogens with one attached hydrogen (secondary N) is 1. The van der Waals surface area contributed by atoms with Gasteiger partial charge >= 0.3 is 0 Å². The number of halogens is 2. The number of rotatable bonds is 7. The zero-order valence-electron chi connectivity index (χ0n) is 16.0. The molecule has 5 heteroatoms. The van der Waals surface area contributed by atoms with Crippen molar-refractivity contribution in [2.24, 2.45) is 5.92 Å². The van der Waals surface area contributed by atoms with Crippen molar-refractivity contribution in [2.45, 2.75) is 44.8 Å². The Morgan fingerprint density at radius 2 is 1.93 bits per heavy atom. The van der Waals surface area contributed by atoms with Gasteiger partial charge in [-0.25, -0.2) is 4.39 Å². The molecule has 1 aliphatic carbocycles. The molecule has 1 amide bonds. The number of benzene rings is 2. The first-order chi connectivity index (χ1) is 12.9. The molecule has 27 heavy (non-hydrogen) atoms. The van der Waals surface area contributed by atoms with Gasteiger partial charge < -0.3 is 10.2 Å². The van der Waals surface area contributed by atoms with E-state index in [0.29, 0.717) is 22.4 Å². The number of hydrogen-bond donors (Lipinski definition) is 1. The van der Waals surface area contributed by atoms with E-state index in [-0.39, 0.29) is 30.4 Å². The molecule has 0 aromatic heterocycles. The van der Waals surface area contributed by atoms with Gasteiger partial charge in [-0.15, -0.1) is 0 Å². The van der Waals surface area contributed by atoms with Crippen LogP contribution in [-0.2, 0) is 11.3 Å². The van der Waals surface area contributed by atoms with Crippen molar-refractivity contribution in [3.63, 3.8) is 0 Å². The summed E-state index contributed by atoms with van der Waals surface area (Å²) in [5.41, 5.74) is 1.71. The molecule has 0 bridgehead atoms. The predicted molar refractivity (Wildman–Crippen MR) is 107 cm³/mol. The zero-order valence-corrected chi connectivity index (χ0v) is 16.7. The lowest BCUT2D eigenvalue weighted by atomic mass is 10.1. The molecule has 0 heterocycles. The molecule has 3 rings (SSSR count). The van der Waals surface area contributed by atoms with Crippen molar-refractivity contribution in [1.82, 2.24) is 10.2 Å². The summed E-state index contributed by atoms with van der Waals surface area (Å²) in [6.45, 7) is 4.14. The van der Waals surface area contributed by atoms with Crippen LogP contribution in [0.3, 0.4) is 0 Å². The molecular weight excluding hydrogens is 363 g/mol. The van der Waals surface area contributed by atoms with Gasteiger partial charge in [0.25, 0.3) is 0 Å². The topological polar surface area (TPSA) is 32.3 Å². The van der Waals surface area contributed by atoms with Gasteiger partial charge in [0.2, 0.25) is 5.91 Å². The third-order valence-electron chi connectivity index (χ3n) is 5.43. The van der Waals surface area contributed by atoms with Crippen LogP contribution >= 0.6 is 11.6 Å². The lowest BCUT2D eigenvalue weighted by molar-refractivity contribution is -0.132. The molecular formula is C22H26ClFN2O. The zero-order chi connectivity index (χ0) is 19.6. The largest absolute Gasteiger partial charge is 0.340 e. The molecule has 0 radical (unpaired) electrons. The van der Waals surface area contributed by atoms with Crippen LogP contribution < -0.4 is 5.32 Å². The van der Waals surface area contributed by atoms with E-state index in [4.69, 9.17) is 11.6 Å². The monoisotopic (exact) mass is 388 g/mol. The van der Waals surface area contributed by atoms with Crippen molar-refractivity contribution < 1.29 is 9.18 Å². The molecule has 0 saturated heterocycles. The number of amides is 1. The van der Waals surface area contributed by atoms with Crippen LogP contribution in [-0.4, -0.2) is 29.9 Å². The number of carbonyl (C=O) groups is 1. The predicted octanol–water partition coefficient (Wildman–Crippen LogP) is 4.61. The highest BCUT2D eigenvalue weighted by Crippen LogP contribution is 2.49. The third kappa shape index (κ3) is 4.69. The Morgan fingerprint density at radius 1 is 1.22 bits per heavy atom. The Kier molecular flexibility index (Phi) is 6.18. The first-order valence-corrected chi connectivity index (χ1v) is 9.75. The number of likely N-dealkylation sites (N-methyl/N-ethyl adjacent to an activating group) is 1. The van der Waals surface area contributed by atoms with Crippen molar-refractivity contribution >= 4 is 17.5 Å². The first-order valence-electron chi connectivity index (χ1n) is 9.37. The molecule has 0 aliphatic heterocycles. The van der Waals surface area contributed by atoms with E-state index in [9.17, 15) is 9.18 Å². The smallest absolute Gasteiger partial charge is 0.239 e. The van der Waals surface area contributed by atoms with Gasteiger partial charge in [0, 0.05) is 30.2 Å². The van der Waals surface area contributed by atoms with Crippen LogP contribution in [0.4, 0.5) is 4.39 Å². The molecule has 1 fully saturated rings. The van der Waals surface area contributed by atoms with Crippen LogP contribution in [0, 0.1) is 11.7 Å². The van der Waals surface area contributed by atoms with Crippen molar-refractivity contribution in [3.8, 4) is 0 Å². The molecule has 144 valence electrons. The van der Waals surface area contributed by atoms with Crippen molar-refractivity contribution in [3.05, 3.63) is 70.5 Å². The lowest BCUT2D eigenvalue weighted by Gasteiger charge is -2.25. The highest BCUT2D eigenvalue weighted by atomic mass is 35.5. The fraction of sp³-hybridized carbons (Fsp3) is 0.409. The average molecular weight is 389 g/mol. The summed E-state index contributed by atoms with van der Waals surface area (Å²) in [5, 5.41) is 3.76. The Hall–Kier alpha value is -1.91. The molecule has 3 nitrogen and oxygen atoms in total. The van der Waals surface area contributed by atoms with E-state index in [0.717, 1.165) is 6.42 Å². The molecule has 2 aromatic rings. The van der Waals surface area contributed by atoms with Crippen LogP contribution in [0.1, 0.15) is 37.3 Å². The maximum atomic E-state index is 14.0. The van der Waals surface area contributed by atoms with Crippen LogP contribution in [0.5, 0.6) is 0 Å². The SMILES string of the molecule is CC(NC(C)C1CC1c1ccccc1)C(=O)N(C)Cc1c(F)cccc1Cl. The number of hydrogen-bond acceptors (Lipinski definition) is 2. The van der Waals surface area contributed by atoms with Crippen LogP contribution in [0.2, 0.25) is 5.02 Å². The maximum Gasteiger partial charge on any atom is 0.239 e. The summed E-state index contributed by atoms with van der Waals surface area (Å²) in [6.07, 6.45) is 1.14. The normalized spacial score (nSPS) is 20.8. The van der Waals surface area contributed by atoms with Gasteiger partial charge in [-0.1, -0.05) is 48.0 Å². The van der Waals surface area contributed by atoms with Gasteiger partial charge in [-0.3, -0.25) is 4.79 Å². The molecule has 4 atom stereocenters. The second-order valence-electron chi connectivity index (χ2n) is 7.49. The van der Waals surface area contributed by atoms with E-state index < -0.39 is 0 Å². The molecule has 0 spiro atoms. The van der Waals surface area contributed by atoms with Crippen LogP contribution in [0.15, 0.2) is 48.5 Å². The Morgan fingerprint density at radius 3 is 2.59 bits per heavy atom. The van der Waals surface area contributed by atoms with E-state index in [1.54, 1.807) is 19.2 Å². The molecule has 2 aromatic carbocycles. The van der Waals surface area contributed by atoms with Gasteiger partial charge in [-0.2, -0.15) is 0 Å². The maximum absolute atomic E-state index is 14.0. The highest BCUT2D eigenvalue weighted by Gasteiger charge is 2.42. The Balaban J connectivity index is 1.54. The summed E-state index contributed by atoms with van der Waals surface area (Å²) in [4.78, 5) is 14.2. The fourth-order valence-electron chi connectivity index (χ4n) is 3.77. The van der Waals surface area contributed by atoms with E-state index in [1.165, 1.54) is 16.5 Å². The van der Waals surface area contributed by atoms with Crippen molar-refractivity contribution in [1.29, 1.82) is 0 Å². The Labute approximate surface area is 165 Å². The molecule has 1 aliphatic rings. The molecule has 1 N–H and O–H groups in total. The summed E-state index contributed by atoms with van der Waals surface area (Å²) in [6, 6.07) is 14.9. The number of nitrogens with zero attached hydrogens (tertiary/aromatic N) is 1. The number of carbonyl (C=O) groups excluding carboxylic acids is 1. The first kappa shape index (κ1) is 19.8. The Bertz CT molecular complexity index is 778. The van der Waals surface area contributed by atoms with Gasteiger partial charge in [0.05, 0.1) is 6.04 Å². The van der Waals surface area contributed by atoms with E-state index in [1.807, 2.05) is 13.0 Å². The minimum atomic E-state index is -0.389. The van der Waals surface area contributed by atoms with Crippen molar-refractivity contribution in [2.75, 3.05) is 7.05 Å². The fourth-order valence-corrected chi connectivity index (χ4v) is 3.99. The lowest BCUT2D eigenvalue weighted by Crippen LogP contribution is -2.47. The van der Waals surface area contributed by atoms with Gasteiger partial charge in [0.1, 0.15) is 5.82 Å². The minimum absolute atomic E-state index is 0.0712. The second-order valence-corrected chi connectivity index (χ2v) is 7.90. The van der Waals surface area contributed by atoms with E-state index >= 15 is 0 Å². The standard InChI is InChI=1S/C22H26ClFN2O/c1-14(17-12-18(17)16-8-5-4-6-9-16)25-15(2)22(27)26(3)13-19-20(23)10-7-11-21(19)24/h4-11,14-15,17-18,25H,12-13H2,1-3H3. The van der Waals surface area contributed by atoms with Gasteiger partial charge in [0.15, 0.2) is 0 Å². The molecule has 1 saturated carbocycles. The second kappa shape index (κ2) is 8.41. The summed E-state index contributed by atoms with van der Waals surface area (Å²) in [7, 11) is 1.68. The van der Waals surface area contributed by atoms with E-state index in [2.05, 4.69) is 36.5 Å². The minimum Gasteiger partial charge on any atom is -0.340 e. The average Bonchev–Trinajstić information content (AvgIpc) is 3.45. The van der Waals surface area contributed by atoms with Crippen LogP contribution in [0.25, 0.3) is 0 Å². The summed E-state index contributed by atoms with van der Waals surface area (Å²) >= 11 is 6.07. The quantitative estimate of drug-likeness (QED) is 0.751. The van der Waals surface area contributed by atoms with Gasteiger partial charge in [-0.05, 0) is 49.8 Å². The summed E-state index contributed by atoms with van der Waals surface area (Å²) in [5.74, 6) is 0.637. The third-order valence-corrected chi connectivity index (χ3v) is 5.78. The highest BCUT2D eigenvalue weighted by molar-refractivity contribution is 6.31.